The molecule has 4 heteroatoms. The lowest BCUT2D eigenvalue weighted by molar-refractivity contribution is -0.0117. The molecule has 0 radical (unpaired) electrons. The lowest BCUT2D eigenvalue weighted by Crippen LogP contribution is -2.44. The molecule has 1 fully saturated rings. The van der Waals surface area contributed by atoms with E-state index in [1.54, 1.807) is 12.1 Å². The second-order valence-corrected chi connectivity index (χ2v) is 5.24. The molecule has 0 bridgehead atoms. The summed E-state index contributed by atoms with van der Waals surface area (Å²) >= 11 is 0. The van der Waals surface area contributed by atoms with Crippen LogP contribution in [0.15, 0.2) is 24.3 Å². The number of aliphatic hydroxyl groups is 1. The minimum atomic E-state index is -0.204. The van der Waals surface area contributed by atoms with Crippen LogP contribution in [0.5, 0.6) is 0 Å². The highest BCUT2D eigenvalue weighted by molar-refractivity contribution is 5.47. The van der Waals surface area contributed by atoms with E-state index < -0.39 is 0 Å². The number of aliphatic hydroxyl groups excluding tert-OH is 1. The highest BCUT2D eigenvalue weighted by Gasteiger charge is 2.34. The molecule has 0 atom stereocenters. The highest BCUT2D eigenvalue weighted by Crippen LogP contribution is 2.33. The minimum Gasteiger partial charge on any atom is -0.396 e. The zero-order valence-corrected chi connectivity index (χ0v) is 11.4. The largest absolute Gasteiger partial charge is 0.396 e. The molecular formula is C15H22FNO2. The van der Waals surface area contributed by atoms with E-state index in [0.717, 1.165) is 19.4 Å². The Morgan fingerprint density at radius 1 is 1.32 bits per heavy atom. The normalized spacial score (nSPS) is 18.3. The van der Waals surface area contributed by atoms with Gasteiger partial charge in [0.2, 0.25) is 0 Å². The molecule has 3 nitrogen and oxygen atoms in total. The van der Waals surface area contributed by atoms with E-state index in [1.807, 2.05) is 17.9 Å². The number of hydrogen-bond acceptors (Lipinski definition) is 3. The SMILES string of the molecule is CCN(CC1(CO)CCOCC1)c1ccccc1F. The first-order valence-electron chi connectivity index (χ1n) is 6.89. The van der Waals surface area contributed by atoms with Crippen LogP contribution in [0.3, 0.4) is 0 Å². The van der Waals surface area contributed by atoms with E-state index in [2.05, 4.69) is 0 Å². The van der Waals surface area contributed by atoms with Gasteiger partial charge in [0.15, 0.2) is 0 Å². The fraction of sp³-hybridized carbons (Fsp3) is 0.600. The molecule has 0 spiro atoms. The quantitative estimate of drug-likeness (QED) is 0.889. The Morgan fingerprint density at radius 2 is 2.00 bits per heavy atom. The summed E-state index contributed by atoms with van der Waals surface area (Å²) in [6, 6.07) is 6.82. The zero-order valence-electron chi connectivity index (χ0n) is 11.4. The molecule has 0 aromatic heterocycles. The Bertz CT molecular complexity index is 405. The fourth-order valence-corrected chi connectivity index (χ4v) is 2.65. The van der Waals surface area contributed by atoms with Gasteiger partial charge < -0.3 is 14.7 Å². The maximum Gasteiger partial charge on any atom is 0.146 e. The second-order valence-electron chi connectivity index (χ2n) is 5.24. The van der Waals surface area contributed by atoms with Crippen LogP contribution in [0.1, 0.15) is 19.8 Å². The summed E-state index contributed by atoms with van der Waals surface area (Å²) in [5, 5.41) is 9.73. The van der Waals surface area contributed by atoms with Crippen LogP contribution in [-0.2, 0) is 4.74 Å². The number of anilines is 1. The van der Waals surface area contributed by atoms with Gasteiger partial charge in [-0.2, -0.15) is 0 Å². The molecule has 1 saturated heterocycles. The van der Waals surface area contributed by atoms with E-state index in [4.69, 9.17) is 4.74 Å². The standard InChI is InChI=1S/C15H22FNO2/c1-2-17(14-6-4-3-5-13(14)16)11-15(12-18)7-9-19-10-8-15/h3-6,18H,2,7-12H2,1H3. The molecule has 1 N–H and O–H groups in total. The van der Waals surface area contributed by atoms with Crippen molar-refractivity contribution in [1.29, 1.82) is 0 Å². The topological polar surface area (TPSA) is 32.7 Å². The number of ether oxygens (including phenoxy) is 1. The predicted octanol–water partition coefficient (Wildman–Crippen LogP) is 2.44. The highest BCUT2D eigenvalue weighted by atomic mass is 19.1. The fourth-order valence-electron chi connectivity index (χ4n) is 2.65. The van der Waals surface area contributed by atoms with Crippen molar-refractivity contribution in [2.75, 3.05) is 37.8 Å². The van der Waals surface area contributed by atoms with Gasteiger partial charge in [0.25, 0.3) is 0 Å². The molecule has 1 heterocycles. The number of benzene rings is 1. The average molecular weight is 267 g/mol. The molecule has 0 aliphatic carbocycles. The van der Waals surface area contributed by atoms with Crippen molar-refractivity contribution < 1.29 is 14.2 Å². The molecule has 1 aromatic carbocycles. The van der Waals surface area contributed by atoms with Crippen molar-refractivity contribution >= 4 is 5.69 Å². The van der Waals surface area contributed by atoms with Crippen LogP contribution in [0, 0.1) is 11.2 Å². The van der Waals surface area contributed by atoms with Crippen molar-refractivity contribution in [3.05, 3.63) is 30.1 Å². The van der Waals surface area contributed by atoms with Crippen molar-refractivity contribution in [1.82, 2.24) is 0 Å². The van der Waals surface area contributed by atoms with Crippen molar-refractivity contribution in [2.45, 2.75) is 19.8 Å². The van der Waals surface area contributed by atoms with Gasteiger partial charge in [-0.15, -0.1) is 0 Å². The summed E-state index contributed by atoms with van der Waals surface area (Å²) in [4.78, 5) is 2.01. The van der Waals surface area contributed by atoms with Gasteiger partial charge in [0.1, 0.15) is 5.82 Å². The van der Waals surface area contributed by atoms with Gasteiger partial charge >= 0.3 is 0 Å². The third-order valence-electron chi connectivity index (χ3n) is 3.99. The van der Waals surface area contributed by atoms with Crippen LogP contribution < -0.4 is 4.90 Å². The maximum atomic E-state index is 13.9. The molecule has 1 aliphatic heterocycles. The zero-order chi connectivity index (χ0) is 13.7. The molecule has 0 unspecified atom stereocenters. The van der Waals surface area contributed by atoms with Crippen molar-refractivity contribution in [2.24, 2.45) is 5.41 Å². The molecule has 2 rings (SSSR count). The van der Waals surface area contributed by atoms with E-state index in [9.17, 15) is 9.50 Å². The third kappa shape index (κ3) is 3.25. The van der Waals surface area contributed by atoms with Gasteiger partial charge in [-0.1, -0.05) is 12.1 Å². The van der Waals surface area contributed by atoms with E-state index in [0.29, 0.717) is 25.4 Å². The lowest BCUT2D eigenvalue weighted by atomic mass is 9.80. The Kier molecular flexibility index (Phi) is 4.77. The first-order valence-corrected chi connectivity index (χ1v) is 6.89. The summed E-state index contributed by atoms with van der Waals surface area (Å²) < 4.78 is 19.2. The average Bonchev–Trinajstić information content (AvgIpc) is 2.47. The second kappa shape index (κ2) is 6.35. The van der Waals surface area contributed by atoms with E-state index in [1.165, 1.54) is 6.07 Å². The molecule has 106 valence electrons. The Balaban J connectivity index is 2.16. The summed E-state index contributed by atoms with van der Waals surface area (Å²) in [6.07, 6.45) is 1.66. The summed E-state index contributed by atoms with van der Waals surface area (Å²) in [7, 11) is 0. The van der Waals surface area contributed by atoms with Crippen LogP contribution in [0.2, 0.25) is 0 Å². The monoisotopic (exact) mass is 267 g/mol. The minimum absolute atomic E-state index is 0.126. The van der Waals surface area contributed by atoms with E-state index >= 15 is 0 Å². The van der Waals surface area contributed by atoms with Crippen molar-refractivity contribution in [3.63, 3.8) is 0 Å². The van der Waals surface area contributed by atoms with Gasteiger partial charge in [-0.05, 0) is 31.9 Å². The molecule has 1 aliphatic rings. The lowest BCUT2D eigenvalue weighted by Gasteiger charge is -2.40. The summed E-state index contributed by atoms with van der Waals surface area (Å²) in [6.45, 7) is 4.89. The molecule has 0 saturated carbocycles. The first-order chi connectivity index (χ1) is 9.21. The van der Waals surface area contributed by atoms with Crippen LogP contribution in [-0.4, -0.2) is 38.0 Å². The molecular weight excluding hydrogens is 245 g/mol. The van der Waals surface area contributed by atoms with Crippen molar-refractivity contribution in [3.8, 4) is 0 Å². The predicted molar refractivity (Wildman–Crippen MR) is 73.9 cm³/mol. The molecule has 1 aromatic rings. The van der Waals surface area contributed by atoms with Gasteiger partial charge in [0, 0.05) is 31.7 Å². The molecule has 19 heavy (non-hydrogen) atoms. The number of rotatable bonds is 5. The summed E-state index contributed by atoms with van der Waals surface area (Å²) in [5.74, 6) is -0.204. The number of para-hydroxylation sites is 1. The third-order valence-corrected chi connectivity index (χ3v) is 3.99. The number of hydrogen-bond donors (Lipinski definition) is 1. The van der Waals surface area contributed by atoms with Crippen LogP contribution in [0.4, 0.5) is 10.1 Å². The van der Waals surface area contributed by atoms with Crippen LogP contribution >= 0.6 is 0 Å². The Labute approximate surface area is 114 Å². The summed E-state index contributed by atoms with van der Waals surface area (Å²) in [5.41, 5.74) is 0.445. The number of nitrogens with zero attached hydrogens (tertiary/aromatic N) is 1. The maximum absolute atomic E-state index is 13.9. The van der Waals surface area contributed by atoms with Gasteiger partial charge in [-0.3, -0.25) is 0 Å². The first kappa shape index (κ1) is 14.3. The Morgan fingerprint density at radius 3 is 2.58 bits per heavy atom. The van der Waals surface area contributed by atoms with Gasteiger partial charge in [-0.25, -0.2) is 4.39 Å². The Hall–Kier alpha value is -1.13. The van der Waals surface area contributed by atoms with E-state index in [-0.39, 0.29) is 17.8 Å². The van der Waals surface area contributed by atoms with Crippen LogP contribution in [0.25, 0.3) is 0 Å². The van der Waals surface area contributed by atoms with Gasteiger partial charge in [0.05, 0.1) is 12.3 Å². The molecule has 0 amide bonds. The smallest absolute Gasteiger partial charge is 0.146 e. The number of halogens is 1.